The Morgan fingerprint density at radius 2 is 2.05 bits per heavy atom. The third kappa shape index (κ3) is 4.07. The summed E-state index contributed by atoms with van der Waals surface area (Å²) in [5.74, 6) is 0.775. The molecule has 0 atom stereocenters. The van der Waals surface area contributed by atoms with E-state index < -0.39 is 0 Å². The molecule has 6 heteroatoms. The normalized spacial score (nSPS) is 10.2. The average molecular weight is 398 g/mol. The molecule has 0 fully saturated rings. The molecular weight excluding hydrogens is 383 g/mol. The minimum atomic E-state index is -0.381. The Bertz CT molecular complexity index is 647. The van der Waals surface area contributed by atoms with Gasteiger partial charge in [-0.25, -0.2) is 0 Å². The summed E-state index contributed by atoms with van der Waals surface area (Å²) in [6, 6.07) is 12.8. The lowest BCUT2D eigenvalue weighted by Crippen LogP contribution is -2.03. The van der Waals surface area contributed by atoms with Crippen LogP contribution in [0.25, 0.3) is 0 Å². The summed E-state index contributed by atoms with van der Waals surface area (Å²) in [5.41, 5.74) is 1.37. The zero-order valence-electron chi connectivity index (χ0n) is 11.5. The van der Waals surface area contributed by atoms with Crippen molar-refractivity contribution in [1.82, 2.24) is 0 Å². The van der Waals surface area contributed by atoms with E-state index in [9.17, 15) is 10.1 Å². The zero-order chi connectivity index (χ0) is 15.2. The van der Waals surface area contributed by atoms with Gasteiger partial charge in [0, 0.05) is 12.6 Å². The molecule has 2 aromatic rings. The summed E-state index contributed by atoms with van der Waals surface area (Å²) in [5, 5.41) is 14.1. The Morgan fingerprint density at radius 3 is 2.71 bits per heavy atom. The van der Waals surface area contributed by atoms with Crippen LogP contribution in [0.3, 0.4) is 0 Å². The Hall–Kier alpha value is -1.83. The van der Waals surface area contributed by atoms with Gasteiger partial charge < -0.3 is 10.1 Å². The number of para-hydroxylation sites is 1. The molecule has 0 aliphatic heterocycles. The molecule has 110 valence electrons. The molecule has 21 heavy (non-hydrogen) atoms. The highest BCUT2D eigenvalue weighted by atomic mass is 127. The maximum Gasteiger partial charge on any atom is 0.292 e. The number of nitrogens with zero attached hydrogens (tertiary/aromatic N) is 1. The molecule has 0 saturated heterocycles. The quantitative estimate of drug-likeness (QED) is 0.450. The van der Waals surface area contributed by atoms with Gasteiger partial charge in [-0.3, -0.25) is 10.1 Å². The van der Waals surface area contributed by atoms with Crippen LogP contribution >= 0.6 is 22.6 Å². The van der Waals surface area contributed by atoms with E-state index >= 15 is 0 Å². The minimum Gasteiger partial charge on any atom is -0.488 e. The summed E-state index contributed by atoms with van der Waals surface area (Å²) in [6.45, 7) is 2.84. The second-order valence-electron chi connectivity index (χ2n) is 4.36. The van der Waals surface area contributed by atoms with E-state index in [0.29, 0.717) is 18.8 Å². The predicted octanol–water partition coefficient (Wildman–Crippen LogP) is 4.21. The molecule has 0 radical (unpaired) electrons. The molecule has 0 saturated carbocycles. The summed E-state index contributed by atoms with van der Waals surface area (Å²) in [7, 11) is 0. The van der Waals surface area contributed by atoms with E-state index in [1.54, 1.807) is 12.1 Å². The first-order valence-electron chi connectivity index (χ1n) is 6.50. The number of halogens is 1. The first-order chi connectivity index (χ1) is 10.1. The lowest BCUT2D eigenvalue weighted by atomic mass is 10.2. The number of hydrogen-bond acceptors (Lipinski definition) is 4. The van der Waals surface area contributed by atoms with E-state index in [-0.39, 0.29) is 10.6 Å². The Balaban J connectivity index is 2.16. The maximum absolute atomic E-state index is 11.1. The van der Waals surface area contributed by atoms with Crippen molar-refractivity contribution in [1.29, 1.82) is 0 Å². The third-order valence-corrected chi connectivity index (χ3v) is 3.75. The maximum atomic E-state index is 11.1. The standard InChI is InChI=1S/C15H15IN2O3/c1-2-17-13-8-7-11(9-14(13)18(19)20)10-21-15-6-4-3-5-12(15)16/h3-9,17H,2,10H2,1H3. The first kappa shape index (κ1) is 15.6. The van der Waals surface area contributed by atoms with Gasteiger partial charge in [-0.1, -0.05) is 18.2 Å². The number of rotatable bonds is 6. The third-order valence-electron chi connectivity index (χ3n) is 2.86. The monoisotopic (exact) mass is 398 g/mol. The molecule has 0 unspecified atom stereocenters. The van der Waals surface area contributed by atoms with Crippen LogP contribution < -0.4 is 10.1 Å². The van der Waals surface area contributed by atoms with Crippen molar-refractivity contribution in [2.24, 2.45) is 0 Å². The average Bonchev–Trinajstić information content (AvgIpc) is 2.47. The number of hydrogen-bond donors (Lipinski definition) is 1. The van der Waals surface area contributed by atoms with Gasteiger partial charge in [-0.15, -0.1) is 0 Å². The molecular formula is C15H15IN2O3. The number of benzene rings is 2. The van der Waals surface area contributed by atoms with Crippen LogP contribution in [-0.2, 0) is 6.61 Å². The van der Waals surface area contributed by atoms with Crippen molar-refractivity contribution in [2.45, 2.75) is 13.5 Å². The molecule has 0 aliphatic rings. The molecule has 0 spiro atoms. The van der Waals surface area contributed by atoms with Crippen molar-refractivity contribution < 1.29 is 9.66 Å². The number of nitrogens with one attached hydrogen (secondary N) is 1. The van der Waals surface area contributed by atoms with Gasteiger partial charge >= 0.3 is 0 Å². The second-order valence-corrected chi connectivity index (χ2v) is 5.52. The van der Waals surface area contributed by atoms with Gasteiger partial charge in [0.15, 0.2) is 0 Å². The summed E-state index contributed by atoms with van der Waals surface area (Å²) >= 11 is 2.19. The van der Waals surface area contributed by atoms with Gasteiger partial charge in [0.05, 0.1) is 8.49 Å². The van der Waals surface area contributed by atoms with Crippen LogP contribution in [0, 0.1) is 13.7 Å². The molecule has 0 heterocycles. The van der Waals surface area contributed by atoms with E-state index in [0.717, 1.165) is 14.9 Å². The van der Waals surface area contributed by atoms with E-state index in [1.165, 1.54) is 0 Å². The summed E-state index contributed by atoms with van der Waals surface area (Å²) < 4.78 is 6.72. The van der Waals surface area contributed by atoms with Gasteiger partial charge in [-0.05, 0) is 53.3 Å². The number of nitro benzene ring substituents is 1. The molecule has 0 aromatic heterocycles. The van der Waals surface area contributed by atoms with Crippen molar-refractivity contribution >= 4 is 34.0 Å². The molecule has 2 aromatic carbocycles. The first-order valence-corrected chi connectivity index (χ1v) is 7.58. The van der Waals surface area contributed by atoms with Crippen molar-refractivity contribution in [3.05, 3.63) is 61.7 Å². The largest absolute Gasteiger partial charge is 0.488 e. The fraction of sp³-hybridized carbons (Fsp3) is 0.200. The fourth-order valence-electron chi connectivity index (χ4n) is 1.88. The topological polar surface area (TPSA) is 64.4 Å². The molecule has 0 amide bonds. The minimum absolute atomic E-state index is 0.0701. The summed E-state index contributed by atoms with van der Waals surface area (Å²) in [4.78, 5) is 10.7. The van der Waals surface area contributed by atoms with Gasteiger partial charge in [0.1, 0.15) is 18.0 Å². The molecule has 5 nitrogen and oxygen atoms in total. The smallest absolute Gasteiger partial charge is 0.292 e. The Labute approximate surface area is 136 Å². The SMILES string of the molecule is CCNc1ccc(COc2ccccc2I)cc1[N+](=O)[O-]. The van der Waals surface area contributed by atoms with E-state index in [1.807, 2.05) is 37.3 Å². The van der Waals surface area contributed by atoms with Crippen LogP contribution in [0.1, 0.15) is 12.5 Å². The highest BCUT2D eigenvalue weighted by Gasteiger charge is 2.14. The van der Waals surface area contributed by atoms with Crippen molar-refractivity contribution in [3.63, 3.8) is 0 Å². The number of ether oxygens (including phenoxy) is 1. The van der Waals surface area contributed by atoms with E-state index in [4.69, 9.17) is 4.74 Å². The van der Waals surface area contributed by atoms with Gasteiger partial charge in [0.2, 0.25) is 0 Å². The lowest BCUT2D eigenvalue weighted by molar-refractivity contribution is -0.384. The summed E-state index contributed by atoms with van der Waals surface area (Å²) in [6.07, 6.45) is 0. The lowest BCUT2D eigenvalue weighted by Gasteiger charge is -2.09. The van der Waals surface area contributed by atoms with Crippen molar-refractivity contribution in [3.8, 4) is 5.75 Å². The highest BCUT2D eigenvalue weighted by molar-refractivity contribution is 14.1. The molecule has 2 rings (SSSR count). The second kappa shape index (κ2) is 7.26. The van der Waals surface area contributed by atoms with E-state index in [2.05, 4.69) is 27.9 Å². The van der Waals surface area contributed by atoms with Crippen LogP contribution in [-0.4, -0.2) is 11.5 Å². The van der Waals surface area contributed by atoms with Crippen LogP contribution in [0.15, 0.2) is 42.5 Å². The van der Waals surface area contributed by atoms with Crippen LogP contribution in [0.2, 0.25) is 0 Å². The van der Waals surface area contributed by atoms with Crippen LogP contribution in [0.4, 0.5) is 11.4 Å². The predicted molar refractivity (Wildman–Crippen MR) is 90.8 cm³/mol. The molecule has 1 N–H and O–H groups in total. The molecule has 0 bridgehead atoms. The van der Waals surface area contributed by atoms with Gasteiger partial charge in [0.25, 0.3) is 5.69 Å². The van der Waals surface area contributed by atoms with Crippen LogP contribution in [0.5, 0.6) is 5.75 Å². The number of anilines is 1. The fourth-order valence-corrected chi connectivity index (χ4v) is 2.42. The highest BCUT2D eigenvalue weighted by Crippen LogP contribution is 2.27. The number of nitro groups is 1. The Morgan fingerprint density at radius 1 is 1.29 bits per heavy atom. The zero-order valence-corrected chi connectivity index (χ0v) is 13.7. The van der Waals surface area contributed by atoms with Crippen molar-refractivity contribution in [2.75, 3.05) is 11.9 Å². The molecule has 0 aliphatic carbocycles. The van der Waals surface area contributed by atoms with Gasteiger partial charge in [-0.2, -0.15) is 0 Å². The Kier molecular flexibility index (Phi) is 5.38.